The maximum atomic E-state index is 8.37. The fourth-order valence-electron chi connectivity index (χ4n) is 0.822. The summed E-state index contributed by atoms with van der Waals surface area (Å²) in [4.78, 5) is 0. The molecule has 0 bridgehead atoms. The van der Waals surface area contributed by atoms with E-state index in [-0.39, 0.29) is 0 Å². The van der Waals surface area contributed by atoms with Gasteiger partial charge in [-0.25, -0.2) is 0 Å². The summed E-state index contributed by atoms with van der Waals surface area (Å²) in [6.45, 7) is 6.42. The summed E-state index contributed by atoms with van der Waals surface area (Å²) in [5.74, 6) is 1.14. The molecule has 0 fully saturated rings. The van der Waals surface area contributed by atoms with E-state index in [0.29, 0.717) is 18.3 Å². The van der Waals surface area contributed by atoms with Crippen LogP contribution in [0.1, 0.15) is 33.6 Å². The maximum Gasteiger partial charge on any atom is 0.0624 e. The van der Waals surface area contributed by atoms with Crippen LogP contribution in [-0.4, -0.2) is 0 Å². The van der Waals surface area contributed by atoms with E-state index >= 15 is 0 Å². The van der Waals surface area contributed by atoms with Gasteiger partial charge in [0.15, 0.2) is 0 Å². The highest BCUT2D eigenvalue weighted by Crippen LogP contribution is 2.07. The third-order valence-corrected chi connectivity index (χ3v) is 1.50. The van der Waals surface area contributed by atoms with Crippen molar-refractivity contribution in [3.05, 3.63) is 12.2 Å². The van der Waals surface area contributed by atoms with E-state index in [1.54, 1.807) is 0 Å². The second-order valence-electron chi connectivity index (χ2n) is 3.38. The molecule has 0 aromatic carbocycles. The number of nitrogens with zero attached hydrogens (tertiary/aromatic N) is 1. The van der Waals surface area contributed by atoms with Gasteiger partial charge >= 0.3 is 0 Å². The summed E-state index contributed by atoms with van der Waals surface area (Å²) in [6, 6.07) is 2.17. The Kier molecular flexibility index (Phi) is 5.56. The van der Waals surface area contributed by atoms with Gasteiger partial charge in [0.05, 0.1) is 6.07 Å². The third kappa shape index (κ3) is 7.12. The molecule has 62 valence electrons. The van der Waals surface area contributed by atoms with Crippen LogP contribution in [0.5, 0.6) is 0 Å². The van der Waals surface area contributed by atoms with Gasteiger partial charge in [-0.1, -0.05) is 32.9 Å². The van der Waals surface area contributed by atoms with Gasteiger partial charge < -0.3 is 0 Å². The lowest BCUT2D eigenvalue weighted by Crippen LogP contribution is -1.90. The quantitative estimate of drug-likeness (QED) is 0.566. The molecule has 0 aliphatic rings. The predicted octanol–water partition coefficient (Wildman–Crippen LogP) is 3.14. The standard InChI is InChI=1S/C10H17N/c1-9(2)5-4-6-10(3)7-8-11/h4-5,9-10H,6-7H2,1-3H3/b5-4+/t10-/m1/s1. The van der Waals surface area contributed by atoms with E-state index in [4.69, 9.17) is 5.26 Å². The van der Waals surface area contributed by atoms with E-state index in [1.165, 1.54) is 0 Å². The molecule has 1 atom stereocenters. The van der Waals surface area contributed by atoms with Crippen LogP contribution >= 0.6 is 0 Å². The van der Waals surface area contributed by atoms with E-state index in [9.17, 15) is 0 Å². The van der Waals surface area contributed by atoms with Crippen LogP contribution in [0.15, 0.2) is 12.2 Å². The first-order valence-electron chi connectivity index (χ1n) is 4.20. The molecule has 0 N–H and O–H groups in total. The molecule has 0 radical (unpaired) electrons. The lowest BCUT2D eigenvalue weighted by atomic mass is 10.0. The minimum atomic E-state index is 0.509. The Hall–Kier alpha value is -0.770. The average Bonchev–Trinajstić information content (AvgIpc) is 1.87. The Bertz CT molecular complexity index is 151. The highest BCUT2D eigenvalue weighted by atomic mass is 14.2. The van der Waals surface area contributed by atoms with Crippen molar-refractivity contribution in [1.82, 2.24) is 0 Å². The van der Waals surface area contributed by atoms with Gasteiger partial charge in [-0.2, -0.15) is 5.26 Å². The molecule has 0 unspecified atom stereocenters. The molecule has 0 heterocycles. The minimum Gasteiger partial charge on any atom is -0.198 e. The Labute approximate surface area is 69.7 Å². The second-order valence-corrected chi connectivity index (χ2v) is 3.38. The highest BCUT2D eigenvalue weighted by Gasteiger charge is 1.96. The number of allylic oxidation sites excluding steroid dienone is 2. The fraction of sp³-hybridized carbons (Fsp3) is 0.700. The smallest absolute Gasteiger partial charge is 0.0624 e. The van der Waals surface area contributed by atoms with Gasteiger partial charge in [-0.3, -0.25) is 0 Å². The third-order valence-electron chi connectivity index (χ3n) is 1.50. The summed E-state index contributed by atoms with van der Waals surface area (Å²) in [5, 5.41) is 8.37. The zero-order valence-corrected chi connectivity index (χ0v) is 7.67. The largest absolute Gasteiger partial charge is 0.198 e. The summed E-state index contributed by atoms with van der Waals surface area (Å²) >= 11 is 0. The topological polar surface area (TPSA) is 23.8 Å². The van der Waals surface area contributed by atoms with E-state index < -0.39 is 0 Å². The van der Waals surface area contributed by atoms with Crippen LogP contribution in [0.3, 0.4) is 0 Å². The second kappa shape index (κ2) is 5.97. The highest BCUT2D eigenvalue weighted by molar-refractivity contribution is 4.87. The monoisotopic (exact) mass is 151 g/mol. The number of nitriles is 1. The SMILES string of the molecule is CC(C)/C=C/C[C@@H](C)CC#N. The first kappa shape index (κ1) is 10.2. The zero-order chi connectivity index (χ0) is 8.69. The Morgan fingerprint density at radius 1 is 1.36 bits per heavy atom. The molecule has 1 nitrogen and oxygen atoms in total. The first-order chi connectivity index (χ1) is 5.16. The van der Waals surface area contributed by atoms with E-state index in [2.05, 4.69) is 39.0 Å². The molecule has 0 spiro atoms. The summed E-state index contributed by atoms with van der Waals surface area (Å²) < 4.78 is 0. The van der Waals surface area contributed by atoms with Crippen molar-refractivity contribution in [2.75, 3.05) is 0 Å². The fourth-order valence-corrected chi connectivity index (χ4v) is 0.822. The molecule has 0 aromatic heterocycles. The van der Waals surface area contributed by atoms with Gasteiger partial charge in [0.2, 0.25) is 0 Å². The number of hydrogen-bond donors (Lipinski definition) is 0. The summed E-state index contributed by atoms with van der Waals surface area (Å²) in [5.41, 5.74) is 0. The van der Waals surface area contributed by atoms with Crippen LogP contribution in [-0.2, 0) is 0 Å². The molecule has 0 amide bonds. The molecule has 0 aromatic rings. The maximum absolute atomic E-state index is 8.37. The Morgan fingerprint density at radius 3 is 2.45 bits per heavy atom. The molecule has 0 saturated heterocycles. The number of hydrogen-bond acceptors (Lipinski definition) is 1. The molecular weight excluding hydrogens is 134 g/mol. The van der Waals surface area contributed by atoms with Crippen LogP contribution in [0, 0.1) is 23.2 Å². The predicted molar refractivity (Wildman–Crippen MR) is 48.0 cm³/mol. The van der Waals surface area contributed by atoms with Gasteiger partial charge in [-0.15, -0.1) is 0 Å². The van der Waals surface area contributed by atoms with Crippen LogP contribution in [0.25, 0.3) is 0 Å². The van der Waals surface area contributed by atoms with Crippen molar-refractivity contribution in [2.24, 2.45) is 11.8 Å². The molecule has 0 saturated carbocycles. The van der Waals surface area contributed by atoms with Crippen molar-refractivity contribution in [2.45, 2.75) is 33.6 Å². The van der Waals surface area contributed by atoms with Gasteiger partial charge in [0.25, 0.3) is 0 Å². The van der Waals surface area contributed by atoms with E-state index in [0.717, 1.165) is 6.42 Å². The molecule has 1 heteroatoms. The van der Waals surface area contributed by atoms with Gasteiger partial charge in [0.1, 0.15) is 0 Å². The van der Waals surface area contributed by atoms with Gasteiger partial charge in [0, 0.05) is 6.42 Å². The van der Waals surface area contributed by atoms with Crippen molar-refractivity contribution >= 4 is 0 Å². The zero-order valence-electron chi connectivity index (χ0n) is 7.67. The number of rotatable bonds is 4. The van der Waals surface area contributed by atoms with Crippen LogP contribution in [0.2, 0.25) is 0 Å². The molecule has 0 rings (SSSR count). The normalized spacial score (nSPS) is 13.7. The molecule has 0 aliphatic carbocycles. The summed E-state index contributed by atoms with van der Waals surface area (Å²) in [7, 11) is 0. The van der Waals surface area contributed by atoms with Crippen molar-refractivity contribution in [1.29, 1.82) is 5.26 Å². The van der Waals surface area contributed by atoms with Crippen molar-refractivity contribution in [3.63, 3.8) is 0 Å². The molecular formula is C10H17N. The summed E-state index contributed by atoms with van der Waals surface area (Å²) in [6.07, 6.45) is 6.06. The van der Waals surface area contributed by atoms with Crippen LogP contribution in [0.4, 0.5) is 0 Å². The van der Waals surface area contributed by atoms with Crippen LogP contribution < -0.4 is 0 Å². The Morgan fingerprint density at radius 2 is 2.00 bits per heavy atom. The Balaban J connectivity index is 3.46. The van der Waals surface area contributed by atoms with Crippen molar-refractivity contribution in [3.8, 4) is 6.07 Å². The molecule has 11 heavy (non-hydrogen) atoms. The minimum absolute atomic E-state index is 0.509. The molecule has 0 aliphatic heterocycles. The lowest BCUT2D eigenvalue weighted by molar-refractivity contribution is 0.606. The van der Waals surface area contributed by atoms with Crippen molar-refractivity contribution < 1.29 is 0 Å². The first-order valence-corrected chi connectivity index (χ1v) is 4.20. The average molecular weight is 151 g/mol. The van der Waals surface area contributed by atoms with Gasteiger partial charge in [-0.05, 0) is 18.3 Å². The lowest BCUT2D eigenvalue weighted by Gasteiger charge is -2.01. The van der Waals surface area contributed by atoms with E-state index in [1.807, 2.05) is 0 Å².